The van der Waals surface area contributed by atoms with E-state index >= 15 is 0 Å². The van der Waals surface area contributed by atoms with Crippen molar-refractivity contribution in [2.75, 3.05) is 26.7 Å². The SMILES string of the molecule is CN1CCC[C@@H]1C(=O)N1CCC(C(C)(C)C)CC1. The Bertz CT molecular complexity index is 300. The van der Waals surface area contributed by atoms with Crippen molar-refractivity contribution in [1.82, 2.24) is 9.80 Å². The molecule has 2 aliphatic heterocycles. The Kier molecular flexibility index (Phi) is 4.00. The fraction of sp³-hybridized carbons (Fsp3) is 0.933. The van der Waals surface area contributed by atoms with E-state index in [1.807, 2.05) is 0 Å². The normalized spacial score (nSPS) is 27.8. The van der Waals surface area contributed by atoms with Crippen LogP contribution in [0.25, 0.3) is 0 Å². The summed E-state index contributed by atoms with van der Waals surface area (Å²) in [6.07, 6.45) is 4.57. The molecule has 2 aliphatic rings. The van der Waals surface area contributed by atoms with Crippen LogP contribution in [0.2, 0.25) is 0 Å². The smallest absolute Gasteiger partial charge is 0.239 e. The van der Waals surface area contributed by atoms with Crippen LogP contribution < -0.4 is 0 Å². The molecule has 0 aromatic rings. The number of hydrogen-bond donors (Lipinski definition) is 0. The van der Waals surface area contributed by atoms with Crippen LogP contribution in [0.3, 0.4) is 0 Å². The van der Waals surface area contributed by atoms with E-state index in [1.54, 1.807) is 0 Å². The Hall–Kier alpha value is -0.570. The molecule has 2 saturated heterocycles. The summed E-state index contributed by atoms with van der Waals surface area (Å²) in [5, 5.41) is 0. The van der Waals surface area contributed by atoms with Gasteiger partial charge in [0.2, 0.25) is 5.91 Å². The third-order valence-corrected chi connectivity index (χ3v) is 4.84. The maximum atomic E-state index is 12.5. The summed E-state index contributed by atoms with van der Waals surface area (Å²) in [5.41, 5.74) is 0.388. The van der Waals surface area contributed by atoms with Crippen molar-refractivity contribution in [2.24, 2.45) is 11.3 Å². The van der Waals surface area contributed by atoms with E-state index in [1.165, 1.54) is 19.3 Å². The number of piperidine rings is 1. The van der Waals surface area contributed by atoms with Crippen LogP contribution >= 0.6 is 0 Å². The second-order valence-electron chi connectivity index (χ2n) is 7.10. The molecule has 1 amide bonds. The maximum Gasteiger partial charge on any atom is 0.239 e. The molecule has 2 rings (SSSR count). The number of carbonyl (C=O) groups is 1. The van der Waals surface area contributed by atoms with Crippen LogP contribution in [0.1, 0.15) is 46.5 Å². The lowest BCUT2D eigenvalue weighted by Crippen LogP contribution is -2.48. The number of carbonyl (C=O) groups excluding carboxylic acids is 1. The topological polar surface area (TPSA) is 23.6 Å². The van der Waals surface area contributed by atoms with Crippen molar-refractivity contribution in [3.8, 4) is 0 Å². The monoisotopic (exact) mass is 252 g/mol. The quantitative estimate of drug-likeness (QED) is 0.715. The molecule has 3 nitrogen and oxygen atoms in total. The Morgan fingerprint density at radius 2 is 1.67 bits per heavy atom. The lowest BCUT2D eigenvalue weighted by molar-refractivity contribution is -0.137. The van der Waals surface area contributed by atoms with Gasteiger partial charge in [-0.25, -0.2) is 0 Å². The minimum absolute atomic E-state index is 0.163. The molecule has 0 spiro atoms. The number of rotatable bonds is 1. The zero-order chi connectivity index (χ0) is 13.3. The van der Waals surface area contributed by atoms with Crippen LogP contribution in [0.5, 0.6) is 0 Å². The Morgan fingerprint density at radius 3 is 2.11 bits per heavy atom. The van der Waals surface area contributed by atoms with Gasteiger partial charge in [-0.15, -0.1) is 0 Å². The van der Waals surface area contributed by atoms with Crippen LogP contribution in [0.15, 0.2) is 0 Å². The van der Waals surface area contributed by atoms with Gasteiger partial charge < -0.3 is 4.90 Å². The molecule has 0 radical (unpaired) electrons. The number of likely N-dealkylation sites (N-methyl/N-ethyl adjacent to an activating group) is 1. The molecule has 0 aliphatic carbocycles. The minimum Gasteiger partial charge on any atom is -0.341 e. The van der Waals surface area contributed by atoms with Gasteiger partial charge in [-0.05, 0) is 50.6 Å². The zero-order valence-corrected chi connectivity index (χ0v) is 12.4. The molecular weight excluding hydrogens is 224 g/mol. The molecule has 0 N–H and O–H groups in total. The van der Waals surface area contributed by atoms with Crippen LogP contribution in [0, 0.1) is 11.3 Å². The summed E-state index contributed by atoms with van der Waals surface area (Å²) in [7, 11) is 2.08. The molecule has 1 atom stereocenters. The van der Waals surface area contributed by atoms with Gasteiger partial charge in [0.05, 0.1) is 6.04 Å². The van der Waals surface area contributed by atoms with Crippen molar-refractivity contribution < 1.29 is 4.79 Å². The largest absolute Gasteiger partial charge is 0.341 e. The average molecular weight is 252 g/mol. The third-order valence-electron chi connectivity index (χ3n) is 4.84. The highest BCUT2D eigenvalue weighted by Crippen LogP contribution is 2.34. The standard InChI is InChI=1S/C15H28N2O/c1-15(2,3)12-7-10-17(11-8-12)14(18)13-6-5-9-16(13)4/h12-13H,5-11H2,1-4H3/t13-/m1/s1. The molecule has 0 unspecified atom stereocenters. The van der Waals surface area contributed by atoms with Crippen molar-refractivity contribution in [3.05, 3.63) is 0 Å². The molecule has 0 aromatic heterocycles. The second-order valence-corrected chi connectivity index (χ2v) is 7.10. The zero-order valence-electron chi connectivity index (χ0n) is 12.4. The molecular formula is C15H28N2O. The van der Waals surface area contributed by atoms with Crippen LogP contribution in [-0.4, -0.2) is 48.4 Å². The van der Waals surface area contributed by atoms with E-state index in [4.69, 9.17) is 0 Å². The second kappa shape index (κ2) is 5.20. The Labute approximate surface area is 112 Å². The van der Waals surface area contributed by atoms with E-state index < -0.39 is 0 Å². The predicted molar refractivity (Wildman–Crippen MR) is 74.4 cm³/mol. The first kappa shape index (κ1) is 13.9. The number of likely N-dealkylation sites (tertiary alicyclic amines) is 2. The number of nitrogens with zero attached hydrogens (tertiary/aromatic N) is 2. The highest BCUT2D eigenvalue weighted by molar-refractivity contribution is 5.82. The van der Waals surface area contributed by atoms with Crippen molar-refractivity contribution >= 4 is 5.91 Å². The number of hydrogen-bond acceptors (Lipinski definition) is 2. The first-order valence-electron chi connectivity index (χ1n) is 7.38. The predicted octanol–water partition coefficient (Wildman–Crippen LogP) is 2.37. The Balaban J connectivity index is 1.88. The average Bonchev–Trinajstić information content (AvgIpc) is 2.73. The first-order valence-corrected chi connectivity index (χ1v) is 7.38. The van der Waals surface area contributed by atoms with Crippen molar-refractivity contribution in [3.63, 3.8) is 0 Å². The van der Waals surface area contributed by atoms with E-state index in [0.717, 1.165) is 32.0 Å². The lowest BCUT2D eigenvalue weighted by Gasteiger charge is -2.40. The molecule has 2 fully saturated rings. The molecule has 3 heteroatoms. The highest BCUT2D eigenvalue weighted by atomic mass is 16.2. The third kappa shape index (κ3) is 2.87. The van der Waals surface area contributed by atoms with Crippen molar-refractivity contribution in [1.29, 1.82) is 0 Å². The molecule has 2 heterocycles. The van der Waals surface area contributed by atoms with E-state index in [2.05, 4.69) is 37.6 Å². The summed E-state index contributed by atoms with van der Waals surface area (Å²) in [5.74, 6) is 1.14. The summed E-state index contributed by atoms with van der Waals surface area (Å²) in [6, 6.07) is 0.163. The summed E-state index contributed by atoms with van der Waals surface area (Å²) in [4.78, 5) is 16.8. The van der Waals surface area contributed by atoms with E-state index in [0.29, 0.717) is 11.3 Å². The molecule has 0 saturated carbocycles. The maximum absolute atomic E-state index is 12.5. The molecule has 0 bridgehead atoms. The van der Waals surface area contributed by atoms with Crippen LogP contribution in [-0.2, 0) is 4.79 Å². The van der Waals surface area contributed by atoms with Gasteiger partial charge in [0.15, 0.2) is 0 Å². The van der Waals surface area contributed by atoms with E-state index in [-0.39, 0.29) is 6.04 Å². The summed E-state index contributed by atoms with van der Waals surface area (Å²) < 4.78 is 0. The Morgan fingerprint density at radius 1 is 1.06 bits per heavy atom. The van der Waals surface area contributed by atoms with Gasteiger partial charge >= 0.3 is 0 Å². The van der Waals surface area contributed by atoms with Gasteiger partial charge in [0, 0.05) is 13.1 Å². The molecule has 18 heavy (non-hydrogen) atoms. The fourth-order valence-electron chi connectivity index (χ4n) is 3.40. The van der Waals surface area contributed by atoms with E-state index in [9.17, 15) is 4.79 Å². The van der Waals surface area contributed by atoms with Gasteiger partial charge in [-0.1, -0.05) is 20.8 Å². The van der Waals surface area contributed by atoms with Gasteiger partial charge in [0.25, 0.3) is 0 Å². The minimum atomic E-state index is 0.163. The van der Waals surface area contributed by atoms with Crippen LogP contribution in [0.4, 0.5) is 0 Å². The van der Waals surface area contributed by atoms with Gasteiger partial charge in [0.1, 0.15) is 0 Å². The number of amides is 1. The van der Waals surface area contributed by atoms with Gasteiger partial charge in [-0.3, -0.25) is 9.69 Å². The van der Waals surface area contributed by atoms with Crippen molar-refractivity contribution in [2.45, 2.75) is 52.5 Å². The fourth-order valence-corrected chi connectivity index (χ4v) is 3.40. The summed E-state index contributed by atoms with van der Waals surface area (Å²) in [6.45, 7) is 9.96. The summed E-state index contributed by atoms with van der Waals surface area (Å²) >= 11 is 0. The molecule has 104 valence electrons. The molecule has 0 aromatic carbocycles. The first-order chi connectivity index (χ1) is 8.39. The highest BCUT2D eigenvalue weighted by Gasteiger charge is 2.35. The lowest BCUT2D eigenvalue weighted by atomic mass is 9.75. The van der Waals surface area contributed by atoms with Gasteiger partial charge in [-0.2, -0.15) is 0 Å².